The fraction of sp³-hybridized carbons (Fsp3) is 0.727. The van der Waals surface area contributed by atoms with Crippen LogP contribution in [0.1, 0.15) is 37.2 Å². The number of nitrogens with zero attached hydrogens (tertiary/aromatic N) is 1. The van der Waals surface area contributed by atoms with Crippen LogP contribution in [-0.4, -0.2) is 16.2 Å². The topological polar surface area (TPSA) is 40.7 Å². The van der Waals surface area contributed by atoms with Crippen molar-refractivity contribution in [3.05, 3.63) is 17.0 Å². The second kappa shape index (κ2) is 3.09. The highest BCUT2D eigenvalue weighted by Gasteiger charge is 2.45. The van der Waals surface area contributed by atoms with Crippen LogP contribution in [0.5, 0.6) is 0 Å². The van der Waals surface area contributed by atoms with E-state index in [0.29, 0.717) is 11.5 Å². The lowest BCUT2D eigenvalue weighted by atomic mass is 10.1. The molecule has 0 amide bonds. The molecule has 1 fully saturated rings. The van der Waals surface area contributed by atoms with Gasteiger partial charge < -0.3 is 5.32 Å². The fourth-order valence-electron chi connectivity index (χ4n) is 1.88. The zero-order chi connectivity index (χ0) is 10.3. The third kappa shape index (κ3) is 1.69. The second-order valence-corrected chi connectivity index (χ2v) is 5.04. The van der Waals surface area contributed by atoms with Crippen molar-refractivity contribution < 1.29 is 0 Å². The zero-order valence-electron chi connectivity index (χ0n) is 9.44. The van der Waals surface area contributed by atoms with Crippen LogP contribution < -0.4 is 5.32 Å². The van der Waals surface area contributed by atoms with E-state index in [4.69, 9.17) is 0 Å². The molecule has 78 valence electrons. The molecule has 0 aliphatic heterocycles. The van der Waals surface area contributed by atoms with E-state index in [-0.39, 0.29) is 0 Å². The zero-order valence-corrected chi connectivity index (χ0v) is 9.44. The summed E-state index contributed by atoms with van der Waals surface area (Å²) in [7, 11) is 0. The Labute approximate surface area is 85.3 Å². The van der Waals surface area contributed by atoms with Crippen molar-refractivity contribution in [1.29, 1.82) is 0 Å². The minimum atomic E-state index is 0.506. The Kier molecular flexibility index (Phi) is 2.14. The lowest BCUT2D eigenvalue weighted by Gasteiger charge is -2.06. The van der Waals surface area contributed by atoms with E-state index in [1.807, 2.05) is 0 Å². The fourth-order valence-corrected chi connectivity index (χ4v) is 1.88. The highest BCUT2D eigenvalue weighted by Crippen LogP contribution is 2.44. The van der Waals surface area contributed by atoms with Crippen LogP contribution in [0.15, 0.2) is 0 Å². The predicted molar refractivity (Wildman–Crippen MR) is 57.1 cm³/mol. The molecule has 0 radical (unpaired) electrons. The van der Waals surface area contributed by atoms with Gasteiger partial charge in [0, 0.05) is 23.8 Å². The van der Waals surface area contributed by atoms with E-state index in [1.54, 1.807) is 0 Å². The molecule has 1 aliphatic carbocycles. The van der Waals surface area contributed by atoms with Gasteiger partial charge in [0.15, 0.2) is 0 Å². The summed E-state index contributed by atoms with van der Waals surface area (Å²) in [6, 6.07) is 0.691. The summed E-state index contributed by atoms with van der Waals surface area (Å²) in [4.78, 5) is 0. The van der Waals surface area contributed by atoms with Crippen molar-refractivity contribution in [3.8, 4) is 0 Å². The Bertz CT molecular complexity index is 319. The van der Waals surface area contributed by atoms with Crippen molar-refractivity contribution in [1.82, 2.24) is 15.5 Å². The maximum atomic E-state index is 4.19. The van der Waals surface area contributed by atoms with Crippen LogP contribution in [0.2, 0.25) is 0 Å². The highest BCUT2D eigenvalue weighted by atomic mass is 15.1. The number of hydrogen-bond acceptors (Lipinski definition) is 2. The molecule has 2 rings (SSSR count). The summed E-state index contributed by atoms with van der Waals surface area (Å²) in [5.74, 6) is 0. The average molecular weight is 193 g/mol. The van der Waals surface area contributed by atoms with Gasteiger partial charge in [-0.1, -0.05) is 13.8 Å². The highest BCUT2D eigenvalue weighted by molar-refractivity contribution is 5.23. The number of H-pyrrole nitrogens is 1. The molecule has 0 aromatic carbocycles. The van der Waals surface area contributed by atoms with Crippen molar-refractivity contribution in [2.45, 2.75) is 46.7 Å². The van der Waals surface area contributed by atoms with E-state index < -0.39 is 0 Å². The van der Waals surface area contributed by atoms with Crippen LogP contribution in [0.25, 0.3) is 0 Å². The van der Waals surface area contributed by atoms with Gasteiger partial charge in [-0.25, -0.2) is 0 Å². The second-order valence-electron chi connectivity index (χ2n) is 5.04. The molecule has 3 heteroatoms. The number of rotatable bonds is 3. The summed E-state index contributed by atoms with van der Waals surface area (Å²) in [6.45, 7) is 9.69. The maximum Gasteiger partial charge on any atom is 0.0638 e. The van der Waals surface area contributed by atoms with Gasteiger partial charge in [0.05, 0.1) is 5.69 Å². The molecule has 0 bridgehead atoms. The van der Waals surface area contributed by atoms with Crippen LogP contribution in [0.4, 0.5) is 0 Å². The Morgan fingerprint density at radius 3 is 2.57 bits per heavy atom. The van der Waals surface area contributed by atoms with Crippen LogP contribution in [0.3, 0.4) is 0 Å². The monoisotopic (exact) mass is 193 g/mol. The number of aromatic amines is 1. The third-order valence-corrected chi connectivity index (χ3v) is 3.32. The smallest absolute Gasteiger partial charge is 0.0638 e. The predicted octanol–water partition coefficient (Wildman–Crippen LogP) is 1.91. The molecule has 1 saturated carbocycles. The number of nitrogens with one attached hydrogen (secondary N) is 2. The molecule has 1 unspecified atom stereocenters. The largest absolute Gasteiger partial charge is 0.309 e. The molecule has 0 saturated heterocycles. The van der Waals surface area contributed by atoms with Crippen molar-refractivity contribution in [2.24, 2.45) is 5.41 Å². The summed E-state index contributed by atoms with van der Waals surface area (Å²) in [6.07, 6.45) is 1.29. The van der Waals surface area contributed by atoms with Gasteiger partial charge in [-0.2, -0.15) is 5.10 Å². The van der Waals surface area contributed by atoms with E-state index >= 15 is 0 Å². The molecule has 14 heavy (non-hydrogen) atoms. The minimum absolute atomic E-state index is 0.506. The van der Waals surface area contributed by atoms with Crippen LogP contribution >= 0.6 is 0 Å². The van der Waals surface area contributed by atoms with E-state index in [2.05, 4.69) is 43.2 Å². The first-order valence-corrected chi connectivity index (χ1v) is 5.24. The van der Waals surface area contributed by atoms with Crippen molar-refractivity contribution >= 4 is 0 Å². The normalized spacial score (nSPS) is 23.9. The van der Waals surface area contributed by atoms with Crippen LogP contribution in [-0.2, 0) is 6.54 Å². The van der Waals surface area contributed by atoms with Gasteiger partial charge in [-0.15, -0.1) is 0 Å². The van der Waals surface area contributed by atoms with E-state index in [9.17, 15) is 0 Å². The first kappa shape index (κ1) is 9.71. The van der Waals surface area contributed by atoms with Crippen molar-refractivity contribution in [3.63, 3.8) is 0 Å². The maximum absolute atomic E-state index is 4.19. The lowest BCUT2D eigenvalue weighted by molar-refractivity contribution is 0.541. The molecular formula is C11H19N3. The Hall–Kier alpha value is -0.830. The first-order chi connectivity index (χ1) is 6.50. The summed E-state index contributed by atoms with van der Waals surface area (Å²) >= 11 is 0. The van der Waals surface area contributed by atoms with Gasteiger partial charge >= 0.3 is 0 Å². The Morgan fingerprint density at radius 1 is 1.50 bits per heavy atom. The first-order valence-electron chi connectivity index (χ1n) is 5.24. The molecule has 1 aromatic heterocycles. The van der Waals surface area contributed by atoms with E-state index in [0.717, 1.165) is 12.2 Å². The summed E-state index contributed by atoms with van der Waals surface area (Å²) < 4.78 is 0. The van der Waals surface area contributed by atoms with Gasteiger partial charge in [-0.05, 0) is 25.7 Å². The number of hydrogen-bond donors (Lipinski definition) is 2. The number of aromatic nitrogens is 2. The van der Waals surface area contributed by atoms with Gasteiger partial charge in [-0.3, -0.25) is 5.10 Å². The molecule has 2 N–H and O–H groups in total. The van der Waals surface area contributed by atoms with Gasteiger partial charge in [0.1, 0.15) is 0 Å². The quantitative estimate of drug-likeness (QED) is 0.770. The third-order valence-electron chi connectivity index (χ3n) is 3.32. The molecular weight excluding hydrogens is 174 g/mol. The van der Waals surface area contributed by atoms with Crippen molar-refractivity contribution in [2.75, 3.05) is 0 Å². The minimum Gasteiger partial charge on any atom is -0.309 e. The molecule has 1 atom stereocenters. The molecule has 1 heterocycles. The lowest BCUT2D eigenvalue weighted by Crippen LogP contribution is -2.20. The Balaban J connectivity index is 1.93. The Morgan fingerprint density at radius 2 is 2.14 bits per heavy atom. The molecule has 0 spiro atoms. The van der Waals surface area contributed by atoms with Gasteiger partial charge in [0.25, 0.3) is 0 Å². The number of aryl methyl sites for hydroxylation is 2. The van der Waals surface area contributed by atoms with Crippen LogP contribution in [0, 0.1) is 19.3 Å². The molecule has 3 nitrogen and oxygen atoms in total. The molecule has 1 aliphatic rings. The van der Waals surface area contributed by atoms with Gasteiger partial charge in [0.2, 0.25) is 0 Å². The summed E-state index contributed by atoms with van der Waals surface area (Å²) in [5, 5.41) is 10.8. The summed E-state index contributed by atoms with van der Waals surface area (Å²) in [5.41, 5.74) is 4.14. The average Bonchev–Trinajstić information content (AvgIpc) is 2.58. The SMILES string of the molecule is Cc1n[nH]c(C)c1CNC1CC1(C)C. The standard InChI is InChI=1S/C11H19N3/c1-7-9(8(2)14-13-7)6-12-10-5-11(10,3)4/h10,12H,5-6H2,1-4H3,(H,13,14). The van der Waals surface area contributed by atoms with E-state index in [1.165, 1.54) is 17.7 Å². The molecule has 1 aromatic rings.